The molecule has 0 aliphatic carbocycles. The van der Waals surface area contributed by atoms with Crippen LogP contribution in [-0.2, 0) is 36.4 Å². The van der Waals surface area contributed by atoms with Crippen molar-refractivity contribution in [3.05, 3.63) is 73.2 Å². The summed E-state index contributed by atoms with van der Waals surface area (Å²) in [5.41, 5.74) is 14.1. The predicted octanol–water partition coefficient (Wildman–Crippen LogP) is 4.19. The quantitative estimate of drug-likeness (QED) is 0.201. The van der Waals surface area contributed by atoms with Crippen molar-refractivity contribution < 1.29 is 41.7 Å². The Morgan fingerprint density at radius 3 is 1.71 bits per heavy atom. The SMILES string of the molecule is Cl.Cl.Nc1ccc(/C=C/C(=O)O)cc1.Nc1ccc(CCC(=O)O)cc1.[CH3-].[HH].[Pd]. The Morgan fingerprint density at radius 2 is 1.32 bits per heavy atom. The fourth-order valence-electron chi connectivity index (χ4n) is 1.71. The molecule has 0 aliphatic rings. The second-order valence-corrected chi connectivity index (χ2v) is 4.97. The molecule has 0 saturated heterocycles. The summed E-state index contributed by atoms with van der Waals surface area (Å²) in [7, 11) is 0. The molecule has 0 fully saturated rings. The van der Waals surface area contributed by atoms with Gasteiger partial charge in [0.1, 0.15) is 0 Å². The maximum absolute atomic E-state index is 10.2. The number of hydrogen-bond acceptors (Lipinski definition) is 4. The molecule has 0 amide bonds. The number of benzene rings is 2. The second-order valence-electron chi connectivity index (χ2n) is 4.97. The van der Waals surface area contributed by atoms with Crippen molar-refractivity contribution in [2.24, 2.45) is 0 Å². The smallest absolute Gasteiger partial charge is 0.328 e. The van der Waals surface area contributed by atoms with Crippen LogP contribution in [0.3, 0.4) is 0 Å². The average molecular weight is 525 g/mol. The van der Waals surface area contributed by atoms with Crippen LogP contribution in [0.4, 0.5) is 11.4 Å². The van der Waals surface area contributed by atoms with Gasteiger partial charge in [-0.3, -0.25) is 4.79 Å². The third-order valence-corrected chi connectivity index (χ3v) is 2.96. The van der Waals surface area contributed by atoms with Gasteiger partial charge in [-0.25, -0.2) is 4.79 Å². The van der Waals surface area contributed by atoms with Crippen LogP contribution in [0.25, 0.3) is 6.08 Å². The minimum Gasteiger partial charge on any atom is -0.481 e. The molecule has 0 saturated carbocycles. The Hall–Kier alpha value is -2.04. The van der Waals surface area contributed by atoms with Crippen LogP contribution < -0.4 is 11.5 Å². The Morgan fingerprint density at radius 1 is 0.893 bits per heavy atom. The van der Waals surface area contributed by atoms with Gasteiger partial charge in [0, 0.05) is 45.7 Å². The van der Waals surface area contributed by atoms with E-state index in [1.54, 1.807) is 36.4 Å². The first kappa shape index (κ1) is 33.5. The Kier molecular flexibility index (Phi) is 22.0. The van der Waals surface area contributed by atoms with E-state index in [-0.39, 0.29) is 60.5 Å². The Labute approximate surface area is 193 Å². The summed E-state index contributed by atoms with van der Waals surface area (Å²) in [4.78, 5) is 20.3. The Bertz CT molecular complexity index is 715. The van der Waals surface area contributed by atoms with Crippen LogP contribution in [0.1, 0.15) is 19.0 Å². The molecule has 0 aromatic heterocycles. The van der Waals surface area contributed by atoms with Gasteiger partial charge in [0.25, 0.3) is 0 Å². The first-order valence-corrected chi connectivity index (χ1v) is 7.19. The summed E-state index contributed by atoms with van der Waals surface area (Å²) in [5, 5.41) is 16.7. The zero-order chi connectivity index (χ0) is 17.9. The second kappa shape index (κ2) is 18.3. The maximum Gasteiger partial charge on any atom is 0.328 e. The summed E-state index contributed by atoms with van der Waals surface area (Å²) >= 11 is 0. The fourth-order valence-corrected chi connectivity index (χ4v) is 1.71. The van der Waals surface area contributed by atoms with Crippen molar-refractivity contribution in [1.82, 2.24) is 0 Å². The predicted molar refractivity (Wildman–Crippen MR) is 117 cm³/mol. The van der Waals surface area contributed by atoms with Crippen LogP contribution in [0.2, 0.25) is 0 Å². The molecule has 0 spiro atoms. The molecular formula is C19H27Cl2N2O4Pd-. The topological polar surface area (TPSA) is 127 Å². The zero-order valence-electron chi connectivity index (χ0n) is 15.2. The molecule has 28 heavy (non-hydrogen) atoms. The molecule has 0 radical (unpaired) electrons. The number of rotatable bonds is 5. The van der Waals surface area contributed by atoms with Crippen LogP contribution in [0.15, 0.2) is 54.6 Å². The average Bonchev–Trinajstić information content (AvgIpc) is 2.54. The van der Waals surface area contributed by atoms with Crippen molar-refractivity contribution in [2.75, 3.05) is 11.5 Å². The van der Waals surface area contributed by atoms with Crippen molar-refractivity contribution >= 4 is 54.2 Å². The number of aliphatic carboxylic acids is 2. The Balaban J connectivity index is -0.000000113. The summed E-state index contributed by atoms with van der Waals surface area (Å²) in [6, 6.07) is 14.2. The molecule has 0 unspecified atom stereocenters. The monoisotopic (exact) mass is 523 g/mol. The normalized spacial score (nSPS) is 8.57. The van der Waals surface area contributed by atoms with E-state index < -0.39 is 11.9 Å². The van der Waals surface area contributed by atoms with Crippen molar-refractivity contribution in [1.29, 1.82) is 0 Å². The minimum absolute atomic E-state index is 0. The molecule has 0 heterocycles. The first-order chi connectivity index (χ1) is 11.4. The van der Waals surface area contributed by atoms with Crippen molar-refractivity contribution in [2.45, 2.75) is 12.8 Å². The number of anilines is 2. The van der Waals surface area contributed by atoms with E-state index in [1.165, 1.54) is 6.08 Å². The molecule has 6 nitrogen and oxygen atoms in total. The molecular weight excluding hydrogens is 498 g/mol. The number of carbonyl (C=O) groups is 2. The first-order valence-electron chi connectivity index (χ1n) is 7.19. The van der Waals surface area contributed by atoms with Gasteiger partial charge in [0.2, 0.25) is 0 Å². The molecule has 0 atom stereocenters. The number of carboxylic acids is 2. The summed E-state index contributed by atoms with van der Waals surface area (Å²) in [6.07, 6.45) is 3.34. The molecule has 2 rings (SSSR count). The van der Waals surface area contributed by atoms with Crippen LogP contribution >= 0.6 is 24.8 Å². The standard InChI is InChI=1S/C9H11NO2.C9H9NO2.CH3.2ClH.Pd.H2/c2*10-8-4-1-7(2-5-8)3-6-9(11)12;;;;;/h1-2,4-5H,3,6,10H2,(H,11,12);1-6H,10H2,(H,11,12);1H3;2*1H;;1H/q;;-1;;;;/b;6-3+;;;;;. The number of carboxylic acid groups (broad SMARTS) is 2. The maximum atomic E-state index is 10.2. The van der Waals surface area contributed by atoms with Gasteiger partial charge in [0.15, 0.2) is 0 Å². The van der Waals surface area contributed by atoms with E-state index in [0.29, 0.717) is 17.8 Å². The molecule has 9 heteroatoms. The van der Waals surface area contributed by atoms with Gasteiger partial charge in [-0.15, -0.1) is 24.8 Å². The van der Waals surface area contributed by atoms with Crippen LogP contribution in [0, 0.1) is 7.43 Å². The van der Waals surface area contributed by atoms with Gasteiger partial charge >= 0.3 is 11.9 Å². The number of hydrogen-bond donors (Lipinski definition) is 4. The third kappa shape index (κ3) is 16.2. The van der Waals surface area contributed by atoms with Gasteiger partial charge < -0.3 is 29.1 Å². The fraction of sp³-hybridized carbons (Fsp3) is 0.105. The minimum atomic E-state index is -0.952. The van der Waals surface area contributed by atoms with Crippen molar-refractivity contribution in [3.8, 4) is 0 Å². The largest absolute Gasteiger partial charge is 0.481 e. The van der Waals surface area contributed by atoms with E-state index in [2.05, 4.69) is 0 Å². The molecule has 6 N–H and O–H groups in total. The van der Waals surface area contributed by atoms with Gasteiger partial charge in [-0.05, 0) is 47.9 Å². The third-order valence-electron chi connectivity index (χ3n) is 2.96. The zero-order valence-corrected chi connectivity index (χ0v) is 18.4. The molecule has 162 valence electrons. The number of nitrogens with two attached hydrogens (primary N) is 2. The summed E-state index contributed by atoms with van der Waals surface area (Å²) in [5.74, 6) is -1.72. The number of aryl methyl sites for hydroxylation is 1. The van der Waals surface area contributed by atoms with Crippen LogP contribution in [0.5, 0.6) is 0 Å². The molecule has 2 aromatic carbocycles. The van der Waals surface area contributed by atoms with E-state index in [4.69, 9.17) is 21.7 Å². The van der Waals surface area contributed by atoms with E-state index in [9.17, 15) is 9.59 Å². The summed E-state index contributed by atoms with van der Waals surface area (Å²) < 4.78 is 0. The summed E-state index contributed by atoms with van der Waals surface area (Å²) in [6.45, 7) is 0. The molecule has 0 bridgehead atoms. The van der Waals surface area contributed by atoms with Gasteiger partial charge in [-0.1, -0.05) is 24.3 Å². The molecule has 2 aromatic rings. The van der Waals surface area contributed by atoms with Crippen molar-refractivity contribution in [3.63, 3.8) is 0 Å². The number of nitrogen functional groups attached to an aromatic ring is 2. The molecule has 0 aliphatic heterocycles. The van der Waals surface area contributed by atoms with Crippen LogP contribution in [-0.4, -0.2) is 22.2 Å². The van der Waals surface area contributed by atoms with Gasteiger partial charge in [0.05, 0.1) is 0 Å². The number of halogens is 2. The van der Waals surface area contributed by atoms with E-state index in [1.807, 2.05) is 12.1 Å². The van der Waals surface area contributed by atoms with E-state index >= 15 is 0 Å². The van der Waals surface area contributed by atoms with Gasteiger partial charge in [-0.2, -0.15) is 0 Å². The van der Waals surface area contributed by atoms with E-state index in [0.717, 1.165) is 17.2 Å².